The van der Waals surface area contributed by atoms with E-state index in [1.807, 2.05) is 0 Å². The Kier molecular flexibility index (Phi) is 3.64. The second-order valence-electron chi connectivity index (χ2n) is 3.85. The van der Waals surface area contributed by atoms with Crippen molar-refractivity contribution in [1.29, 1.82) is 0 Å². The summed E-state index contributed by atoms with van der Waals surface area (Å²) in [5, 5.41) is 5.27. The van der Waals surface area contributed by atoms with E-state index in [2.05, 4.69) is 23.7 Å². The molecular formula is C13H15FN2S. The van der Waals surface area contributed by atoms with Gasteiger partial charge in [-0.2, -0.15) is 0 Å². The number of nitrogens with two attached hydrogens (primary N) is 1. The van der Waals surface area contributed by atoms with E-state index in [4.69, 9.17) is 5.73 Å². The van der Waals surface area contributed by atoms with Gasteiger partial charge >= 0.3 is 0 Å². The van der Waals surface area contributed by atoms with Crippen LogP contribution in [0.3, 0.4) is 0 Å². The number of nitrogens with one attached hydrogen (secondary N) is 1. The quantitative estimate of drug-likeness (QED) is 0.813. The summed E-state index contributed by atoms with van der Waals surface area (Å²) in [5.74, 6) is -0.311. The molecule has 0 aliphatic heterocycles. The molecule has 0 aliphatic rings. The van der Waals surface area contributed by atoms with E-state index in [-0.39, 0.29) is 5.82 Å². The van der Waals surface area contributed by atoms with Crippen molar-refractivity contribution in [3.05, 3.63) is 45.9 Å². The molecule has 4 heteroatoms. The Bertz CT molecular complexity index is 488. The molecule has 0 unspecified atom stereocenters. The van der Waals surface area contributed by atoms with Gasteiger partial charge in [-0.05, 0) is 41.6 Å². The van der Waals surface area contributed by atoms with Gasteiger partial charge in [0.25, 0.3) is 0 Å². The molecule has 0 saturated carbocycles. The van der Waals surface area contributed by atoms with Crippen molar-refractivity contribution in [3.8, 4) is 0 Å². The van der Waals surface area contributed by atoms with Crippen LogP contribution < -0.4 is 11.1 Å². The second-order valence-corrected chi connectivity index (χ2v) is 4.85. The summed E-state index contributed by atoms with van der Waals surface area (Å²) in [6, 6.07) is 6.63. The minimum Gasteiger partial charge on any atom is -0.399 e. The fourth-order valence-corrected chi connectivity index (χ4v) is 2.65. The van der Waals surface area contributed by atoms with Gasteiger partial charge in [0.05, 0.1) is 0 Å². The van der Waals surface area contributed by atoms with Crippen LogP contribution in [0.1, 0.15) is 17.4 Å². The first-order valence-electron chi connectivity index (χ1n) is 5.54. The van der Waals surface area contributed by atoms with Crippen LogP contribution in [-0.4, -0.2) is 0 Å². The van der Waals surface area contributed by atoms with Crippen LogP contribution in [0.5, 0.6) is 0 Å². The van der Waals surface area contributed by atoms with Gasteiger partial charge in [-0.25, -0.2) is 4.39 Å². The van der Waals surface area contributed by atoms with Gasteiger partial charge in [-0.3, -0.25) is 0 Å². The molecule has 0 aliphatic carbocycles. The average molecular weight is 250 g/mol. The molecule has 0 fully saturated rings. The minimum absolute atomic E-state index is 0.311. The molecule has 90 valence electrons. The Morgan fingerprint density at radius 2 is 2.18 bits per heavy atom. The number of rotatable bonds is 4. The Hall–Kier alpha value is -1.55. The van der Waals surface area contributed by atoms with Crippen LogP contribution in [0.2, 0.25) is 0 Å². The molecule has 1 aromatic carbocycles. The summed E-state index contributed by atoms with van der Waals surface area (Å²) in [4.78, 5) is 1.29. The molecule has 2 rings (SSSR count). The zero-order valence-electron chi connectivity index (χ0n) is 9.66. The lowest BCUT2D eigenvalue weighted by atomic mass is 10.2. The molecular weight excluding hydrogens is 235 g/mol. The average Bonchev–Trinajstić information content (AvgIpc) is 2.72. The summed E-state index contributed by atoms with van der Waals surface area (Å²) in [7, 11) is 0. The molecule has 1 heterocycles. The first-order valence-corrected chi connectivity index (χ1v) is 6.42. The van der Waals surface area contributed by atoms with Gasteiger partial charge in [0.15, 0.2) is 0 Å². The van der Waals surface area contributed by atoms with Crippen LogP contribution in [0, 0.1) is 5.82 Å². The van der Waals surface area contributed by atoms with Gasteiger partial charge in [0.2, 0.25) is 0 Å². The molecule has 0 saturated heterocycles. The third-order valence-corrected chi connectivity index (χ3v) is 3.55. The normalized spacial score (nSPS) is 10.5. The number of aryl methyl sites for hydroxylation is 1. The standard InChI is InChI=1S/C13H15FN2S/c1-2-9-3-4-17-13(9)8-16-12-6-10(14)5-11(15)7-12/h3-7,16H,2,8,15H2,1H3. The largest absolute Gasteiger partial charge is 0.399 e. The van der Waals surface area contributed by atoms with E-state index in [1.165, 1.54) is 22.6 Å². The first kappa shape index (κ1) is 11.9. The third kappa shape index (κ3) is 2.97. The third-order valence-electron chi connectivity index (χ3n) is 2.59. The van der Waals surface area contributed by atoms with Gasteiger partial charge in [0.1, 0.15) is 5.82 Å². The molecule has 2 aromatic rings. The lowest BCUT2D eigenvalue weighted by Gasteiger charge is -2.07. The molecule has 17 heavy (non-hydrogen) atoms. The topological polar surface area (TPSA) is 38.0 Å². The predicted octanol–water partition coefficient (Wildman–Crippen LogP) is 3.64. The zero-order chi connectivity index (χ0) is 12.3. The van der Waals surface area contributed by atoms with Gasteiger partial charge in [-0.1, -0.05) is 6.92 Å². The minimum atomic E-state index is -0.311. The first-order chi connectivity index (χ1) is 8.19. The number of thiophene rings is 1. The fourth-order valence-electron chi connectivity index (χ4n) is 1.73. The van der Waals surface area contributed by atoms with E-state index < -0.39 is 0 Å². The molecule has 1 aromatic heterocycles. The second kappa shape index (κ2) is 5.19. The van der Waals surface area contributed by atoms with Crippen LogP contribution >= 0.6 is 11.3 Å². The lowest BCUT2D eigenvalue weighted by molar-refractivity contribution is 0.629. The molecule has 3 N–H and O–H groups in total. The summed E-state index contributed by atoms with van der Waals surface area (Å²) >= 11 is 1.71. The van der Waals surface area contributed by atoms with E-state index in [1.54, 1.807) is 17.4 Å². The highest BCUT2D eigenvalue weighted by molar-refractivity contribution is 7.10. The van der Waals surface area contributed by atoms with Crippen LogP contribution in [-0.2, 0) is 13.0 Å². The number of anilines is 2. The van der Waals surface area contributed by atoms with Crippen molar-refractivity contribution in [2.24, 2.45) is 0 Å². The maximum absolute atomic E-state index is 13.1. The Morgan fingerprint density at radius 3 is 2.88 bits per heavy atom. The van der Waals surface area contributed by atoms with Crippen molar-refractivity contribution in [2.45, 2.75) is 19.9 Å². The monoisotopic (exact) mass is 250 g/mol. The molecule has 0 amide bonds. The summed E-state index contributed by atoms with van der Waals surface area (Å²) < 4.78 is 13.1. The van der Waals surface area contributed by atoms with Crippen molar-refractivity contribution in [2.75, 3.05) is 11.1 Å². The van der Waals surface area contributed by atoms with E-state index in [0.717, 1.165) is 12.1 Å². The highest BCUT2D eigenvalue weighted by atomic mass is 32.1. The van der Waals surface area contributed by atoms with E-state index in [0.29, 0.717) is 12.2 Å². The van der Waals surface area contributed by atoms with Crippen LogP contribution in [0.15, 0.2) is 29.6 Å². The molecule has 0 spiro atoms. The van der Waals surface area contributed by atoms with E-state index >= 15 is 0 Å². The number of benzene rings is 1. The van der Waals surface area contributed by atoms with Gasteiger partial charge in [-0.15, -0.1) is 11.3 Å². The fraction of sp³-hybridized carbons (Fsp3) is 0.231. The van der Waals surface area contributed by atoms with Crippen molar-refractivity contribution in [3.63, 3.8) is 0 Å². The van der Waals surface area contributed by atoms with Crippen LogP contribution in [0.25, 0.3) is 0 Å². The highest BCUT2D eigenvalue weighted by Crippen LogP contribution is 2.21. The number of hydrogen-bond donors (Lipinski definition) is 2. The molecule has 0 radical (unpaired) electrons. The number of halogens is 1. The maximum Gasteiger partial charge on any atom is 0.127 e. The maximum atomic E-state index is 13.1. The number of nitrogen functional groups attached to an aromatic ring is 1. The smallest absolute Gasteiger partial charge is 0.127 e. The van der Waals surface area contributed by atoms with E-state index in [9.17, 15) is 4.39 Å². The molecule has 0 atom stereocenters. The zero-order valence-corrected chi connectivity index (χ0v) is 10.5. The number of hydrogen-bond acceptors (Lipinski definition) is 3. The Labute approximate surface area is 104 Å². The van der Waals surface area contributed by atoms with Crippen molar-refractivity contribution >= 4 is 22.7 Å². The molecule has 0 bridgehead atoms. The lowest BCUT2D eigenvalue weighted by Crippen LogP contribution is -2.01. The molecule has 2 nitrogen and oxygen atoms in total. The highest BCUT2D eigenvalue weighted by Gasteiger charge is 2.03. The predicted molar refractivity (Wildman–Crippen MR) is 71.8 cm³/mol. The summed E-state index contributed by atoms with van der Waals surface area (Å²) in [6.07, 6.45) is 1.02. The van der Waals surface area contributed by atoms with Gasteiger partial charge in [0, 0.05) is 22.8 Å². The van der Waals surface area contributed by atoms with Crippen molar-refractivity contribution < 1.29 is 4.39 Å². The van der Waals surface area contributed by atoms with Gasteiger partial charge < -0.3 is 11.1 Å². The Balaban J connectivity index is 2.07. The summed E-state index contributed by atoms with van der Waals surface area (Å²) in [5.41, 5.74) is 8.09. The Morgan fingerprint density at radius 1 is 1.35 bits per heavy atom. The summed E-state index contributed by atoms with van der Waals surface area (Å²) in [6.45, 7) is 2.84. The SMILES string of the molecule is CCc1ccsc1CNc1cc(N)cc(F)c1. The van der Waals surface area contributed by atoms with Crippen molar-refractivity contribution in [1.82, 2.24) is 0 Å². The van der Waals surface area contributed by atoms with Crippen LogP contribution in [0.4, 0.5) is 15.8 Å².